The van der Waals surface area contributed by atoms with E-state index in [0.717, 1.165) is 5.69 Å². The molecule has 0 bridgehead atoms. The number of aromatic nitrogens is 2. The number of carboxylic acids is 1. The van der Waals surface area contributed by atoms with E-state index in [1.807, 2.05) is 6.92 Å². The fourth-order valence-electron chi connectivity index (χ4n) is 1.33. The molecule has 0 unspecified atom stereocenters. The maximum absolute atomic E-state index is 10.6. The van der Waals surface area contributed by atoms with E-state index in [4.69, 9.17) is 9.84 Å². The van der Waals surface area contributed by atoms with Gasteiger partial charge in [0.15, 0.2) is 5.69 Å². The molecule has 0 spiro atoms. The third-order valence-electron chi connectivity index (χ3n) is 2.11. The predicted octanol–water partition coefficient (Wildman–Crippen LogP) is 0.461. The van der Waals surface area contributed by atoms with Crippen LogP contribution in [-0.2, 0) is 4.74 Å². The normalized spacial score (nSPS) is 17.0. The largest absolute Gasteiger partial charge is 0.476 e. The van der Waals surface area contributed by atoms with Crippen LogP contribution in [0, 0.1) is 6.92 Å². The second-order valence-electron chi connectivity index (χ2n) is 3.11. The molecule has 70 valence electrons. The average Bonchev–Trinajstić information content (AvgIpc) is 2.29. The van der Waals surface area contributed by atoms with Crippen molar-refractivity contribution >= 4 is 5.97 Å². The molecule has 0 atom stereocenters. The van der Waals surface area contributed by atoms with E-state index in [2.05, 4.69) is 5.10 Å². The zero-order valence-corrected chi connectivity index (χ0v) is 7.23. The highest BCUT2D eigenvalue weighted by atomic mass is 16.5. The van der Waals surface area contributed by atoms with Crippen molar-refractivity contribution in [3.05, 3.63) is 17.5 Å². The maximum atomic E-state index is 10.6. The van der Waals surface area contributed by atoms with Gasteiger partial charge in [-0.05, 0) is 13.0 Å². The summed E-state index contributed by atoms with van der Waals surface area (Å²) in [5.74, 6) is -0.984. The molecule has 0 radical (unpaired) electrons. The summed E-state index contributed by atoms with van der Waals surface area (Å²) < 4.78 is 6.72. The van der Waals surface area contributed by atoms with Crippen LogP contribution in [0.1, 0.15) is 22.2 Å². The van der Waals surface area contributed by atoms with Crippen molar-refractivity contribution in [1.29, 1.82) is 0 Å². The van der Waals surface area contributed by atoms with Gasteiger partial charge in [-0.3, -0.25) is 4.68 Å². The van der Waals surface area contributed by atoms with Crippen LogP contribution in [-0.4, -0.2) is 34.1 Å². The average molecular weight is 182 g/mol. The Morgan fingerprint density at radius 3 is 2.85 bits per heavy atom. The Morgan fingerprint density at radius 2 is 2.46 bits per heavy atom. The fraction of sp³-hybridized carbons (Fsp3) is 0.500. The molecule has 1 aliphatic heterocycles. The van der Waals surface area contributed by atoms with Crippen molar-refractivity contribution in [2.75, 3.05) is 13.2 Å². The highest BCUT2D eigenvalue weighted by Crippen LogP contribution is 2.18. The van der Waals surface area contributed by atoms with Crippen molar-refractivity contribution in [1.82, 2.24) is 9.78 Å². The molecule has 0 saturated carbocycles. The highest BCUT2D eigenvalue weighted by Gasteiger charge is 2.24. The second kappa shape index (κ2) is 2.85. The van der Waals surface area contributed by atoms with Crippen LogP contribution >= 0.6 is 0 Å². The summed E-state index contributed by atoms with van der Waals surface area (Å²) in [4.78, 5) is 10.6. The molecule has 1 aromatic heterocycles. The molecule has 1 aliphatic rings. The molecule has 1 aromatic rings. The molecular formula is C8H10N2O3. The number of hydrogen-bond acceptors (Lipinski definition) is 3. The van der Waals surface area contributed by atoms with Gasteiger partial charge in [0.25, 0.3) is 0 Å². The third-order valence-corrected chi connectivity index (χ3v) is 2.11. The van der Waals surface area contributed by atoms with Gasteiger partial charge >= 0.3 is 5.97 Å². The monoisotopic (exact) mass is 182 g/mol. The van der Waals surface area contributed by atoms with E-state index in [1.165, 1.54) is 0 Å². The SMILES string of the molecule is Cc1cc(C(=O)O)nn1C1COC1. The van der Waals surface area contributed by atoms with Crippen molar-refractivity contribution in [2.45, 2.75) is 13.0 Å². The van der Waals surface area contributed by atoms with Gasteiger partial charge in [0.05, 0.1) is 19.3 Å². The molecule has 2 rings (SSSR count). The number of nitrogens with zero attached hydrogens (tertiary/aromatic N) is 2. The Bertz CT molecular complexity index is 341. The third kappa shape index (κ3) is 1.31. The lowest BCUT2D eigenvalue weighted by atomic mass is 10.2. The van der Waals surface area contributed by atoms with Gasteiger partial charge in [0, 0.05) is 5.69 Å². The van der Waals surface area contributed by atoms with Gasteiger partial charge < -0.3 is 9.84 Å². The Balaban J connectivity index is 2.29. The Kier molecular flexibility index (Phi) is 1.81. The first kappa shape index (κ1) is 8.25. The summed E-state index contributed by atoms with van der Waals surface area (Å²) in [5, 5.41) is 12.7. The minimum Gasteiger partial charge on any atom is -0.476 e. The zero-order valence-electron chi connectivity index (χ0n) is 7.23. The maximum Gasteiger partial charge on any atom is 0.356 e. The molecule has 2 heterocycles. The van der Waals surface area contributed by atoms with Gasteiger partial charge in [-0.15, -0.1) is 0 Å². The van der Waals surface area contributed by atoms with Gasteiger partial charge in [-0.1, -0.05) is 0 Å². The Hall–Kier alpha value is -1.36. The van der Waals surface area contributed by atoms with Crippen LogP contribution in [0.4, 0.5) is 0 Å². The van der Waals surface area contributed by atoms with Gasteiger partial charge in [-0.25, -0.2) is 4.79 Å². The van der Waals surface area contributed by atoms with Crippen LogP contribution in [0.5, 0.6) is 0 Å². The number of carboxylic acid groups (broad SMARTS) is 1. The highest BCUT2D eigenvalue weighted by molar-refractivity contribution is 5.85. The topological polar surface area (TPSA) is 64.3 Å². The Labute approximate surface area is 74.9 Å². The summed E-state index contributed by atoms with van der Waals surface area (Å²) in [6.45, 7) is 3.10. The minimum absolute atomic E-state index is 0.101. The van der Waals surface area contributed by atoms with Crippen molar-refractivity contribution in [3.63, 3.8) is 0 Å². The van der Waals surface area contributed by atoms with E-state index in [0.29, 0.717) is 13.2 Å². The number of ether oxygens (including phenoxy) is 1. The van der Waals surface area contributed by atoms with E-state index in [9.17, 15) is 4.79 Å². The van der Waals surface area contributed by atoms with Crippen LogP contribution in [0.3, 0.4) is 0 Å². The van der Waals surface area contributed by atoms with Gasteiger partial charge in [0.2, 0.25) is 0 Å². The summed E-state index contributed by atoms with van der Waals surface area (Å²) in [5.41, 5.74) is 0.968. The molecule has 1 N–H and O–H groups in total. The smallest absolute Gasteiger partial charge is 0.356 e. The minimum atomic E-state index is -0.984. The number of hydrogen-bond donors (Lipinski definition) is 1. The molecule has 0 aliphatic carbocycles. The first-order valence-corrected chi connectivity index (χ1v) is 4.05. The fourth-order valence-corrected chi connectivity index (χ4v) is 1.33. The Morgan fingerprint density at radius 1 is 1.77 bits per heavy atom. The van der Waals surface area contributed by atoms with E-state index < -0.39 is 5.97 Å². The van der Waals surface area contributed by atoms with Gasteiger partial charge in [-0.2, -0.15) is 5.10 Å². The number of aryl methyl sites for hydroxylation is 1. The van der Waals surface area contributed by atoms with Crippen molar-refractivity contribution < 1.29 is 14.6 Å². The molecular weight excluding hydrogens is 172 g/mol. The van der Waals surface area contributed by atoms with E-state index >= 15 is 0 Å². The number of carbonyl (C=O) groups is 1. The van der Waals surface area contributed by atoms with Crippen LogP contribution in [0.15, 0.2) is 6.07 Å². The summed E-state index contributed by atoms with van der Waals surface area (Å²) in [6.07, 6.45) is 0. The lowest BCUT2D eigenvalue weighted by Gasteiger charge is -2.27. The first-order chi connectivity index (χ1) is 6.18. The molecule has 5 heteroatoms. The van der Waals surface area contributed by atoms with Crippen molar-refractivity contribution in [2.24, 2.45) is 0 Å². The summed E-state index contributed by atoms with van der Waals surface area (Å²) in [7, 11) is 0. The first-order valence-electron chi connectivity index (χ1n) is 4.05. The standard InChI is InChI=1S/C8H10N2O3/c1-5-2-7(8(11)12)9-10(5)6-3-13-4-6/h2,6H,3-4H2,1H3,(H,11,12). The lowest BCUT2D eigenvalue weighted by molar-refractivity contribution is -0.0296. The molecule has 5 nitrogen and oxygen atoms in total. The van der Waals surface area contributed by atoms with Crippen LogP contribution in [0.2, 0.25) is 0 Å². The van der Waals surface area contributed by atoms with Gasteiger partial charge in [0.1, 0.15) is 0 Å². The second-order valence-corrected chi connectivity index (χ2v) is 3.11. The quantitative estimate of drug-likeness (QED) is 0.721. The molecule has 1 fully saturated rings. The number of rotatable bonds is 2. The van der Waals surface area contributed by atoms with Crippen molar-refractivity contribution in [3.8, 4) is 0 Å². The molecule has 13 heavy (non-hydrogen) atoms. The molecule has 0 aromatic carbocycles. The molecule has 0 amide bonds. The molecule has 1 saturated heterocycles. The van der Waals surface area contributed by atoms with E-state index in [1.54, 1.807) is 10.7 Å². The van der Waals surface area contributed by atoms with E-state index in [-0.39, 0.29) is 11.7 Å². The van der Waals surface area contributed by atoms with Crippen LogP contribution in [0.25, 0.3) is 0 Å². The lowest BCUT2D eigenvalue weighted by Crippen LogP contribution is -2.32. The number of aromatic carboxylic acids is 1. The summed E-state index contributed by atoms with van der Waals surface area (Å²) >= 11 is 0. The summed E-state index contributed by atoms with van der Waals surface area (Å²) in [6, 6.07) is 1.79. The van der Waals surface area contributed by atoms with Crippen LogP contribution < -0.4 is 0 Å². The zero-order chi connectivity index (χ0) is 9.42. The predicted molar refractivity (Wildman–Crippen MR) is 43.8 cm³/mol.